The van der Waals surface area contributed by atoms with E-state index >= 15 is 0 Å². The number of hydrogen-bond donors (Lipinski definition) is 1. The van der Waals surface area contributed by atoms with E-state index in [1.807, 2.05) is 31.2 Å². The van der Waals surface area contributed by atoms with Gasteiger partial charge in [-0.1, -0.05) is 24.3 Å². The fraction of sp³-hybridized carbons (Fsp3) is 0.211. The maximum absolute atomic E-state index is 11.3. The van der Waals surface area contributed by atoms with Crippen LogP contribution in [0.25, 0.3) is 10.9 Å². The summed E-state index contributed by atoms with van der Waals surface area (Å²) in [5.41, 5.74) is 5.42. The third kappa shape index (κ3) is 4.17. The Morgan fingerprint density at radius 3 is 2.74 bits per heavy atom. The fourth-order valence-electron chi connectivity index (χ4n) is 2.60. The number of fused-ring (bicyclic) bond motifs is 1. The zero-order valence-corrected chi connectivity index (χ0v) is 14.2. The molecule has 0 amide bonds. The van der Waals surface area contributed by atoms with Gasteiger partial charge >= 0.3 is 0 Å². The van der Waals surface area contributed by atoms with Gasteiger partial charge in [0.15, 0.2) is 0 Å². The van der Waals surface area contributed by atoms with Crippen LogP contribution in [0.1, 0.15) is 16.8 Å². The van der Waals surface area contributed by atoms with Crippen molar-refractivity contribution in [1.82, 2.24) is 4.98 Å². The van der Waals surface area contributed by atoms with Crippen LogP contribution in [0.3, 0.4) is 0 Å². The first-order valence-corrected chi connectivity index (χ1v) is 9.32. The molecule has 0 saturated heterocycles. The number of benzene rings is 2. The molecular weight excluding hydrogens is 304 g/mol. The fourth-order valence-corrected chi connectivity index (χ4v) is 3.25. The first kappa shape index (κ1) is 15.7. The number of nitrogens with zero attached hydrogens (tertiary/aromatic N) is 1. The molecule has 3 nitrogen and oxygen atoms in total. The van der Waals surface area contributed by atoms with Crippen molar-refractivity contribution < 1.29 is 4.21 Å². The lowest BCUT2D eigenvalue weighted by Gasteiger charge is -2.09. The van der Waals surface area contributed by atoms with Crippen molar-refractivity contribution in [1.29, 1.82) is 0 Å². The molecule has 3 aromatic rings. The minimum atomic E-state index is -0.817. The molecule has 0 bridgehead atoms. The maximum atomic E-state index is 11.3. The quantitative estimate of drug-likeness (QED) is 0.770. The van der Waals surface area contributed by atoms with Gasteiger partial charge in [-0.05, 0) is 48.4 Å². The van der Waals surface area contributed by atoms with Crippen molar-refractivity contribution in [2.45, 2.75) is 19.2 Å². The highest BCUT2D eigenvalue weighted by atomic mass is 32.2. The minimum absolute atomic E-state index is 0.594. The van der Waals surface area contributed by atoms with Crippen LogP contribution in [0.5, 0.6) is 0 Å². The maximum Gasteiger partial charge on any atom is 0.0705 e. The number of pyridine rings is 1. The van der Waals surface area contributed by atoms with E-state index in [1.165, 1.54) is 5.56 Å². The summed E-state index contributed by atoms with van der Waals surface area (Å²) in [4.78, 5) is 4.52. The van der Waals surface area contributed by atoms with Crippen LogP contribution in [-0.4, -0.2) is 15.4 Å². The number of nitrogens with one attached hydrogen (secondary N) is 1. The Morgan fingerprint density at radius 2 is 1.91 bits per heavy atom. The number of anilines is 1. The van der Waals surface area contributed by atoms with Crippen LogP contribution in [0.4, 0.5) is 5.69 Å². The summed E-state index contributed by atoms with van der Waals surface area (Å²) in [6, 6.07) is 18.6. The lowest BCUT2D eigenvalue weighted by Crippen LogP contribution is -2.00. The molecule has 0 aliphatic rings. The van der Waals surface area contributed by atoms with E-state index in [4.69, 9.17) is 0 Å². The van der Waals surface area contributed by atoms with Crippen LogP contribution < -0.4 is 5.32 Å². The molecule has 0 spiro atoms. The normalized spacial score (nSPS) is 12.3. The Bertz CT molecular complexity index is 861. The molecular formula is C19H20N2OS. The Labute approximate surface area is 139 Å². The second kappa shape index (κ2) is 6.92. The highest BCUT2D eigenvalue weighted by molar-refractivity contribution is 7.83. The highest BCUT2D eigenvalue weighted by Crippen LogP contribution is 2.17. The second-order valence-electron chi connectivity index (χ2n) is 5.75. The molecule has 0 radical (unpaired) electrons. The molecule has 0 saturated carbocycles. The van der Waals surface area contributed by atoms with E-state index in [0.29, 0.717) is 5.75 Å². The van der Waals surface area contributed by atoms with Gasteiger partial charge in [-0.15, -0.1) is 0 Å². The Morgan fingerprint density at radius 1 is 1.04 bits per heavy atom. The van der Waals surface area contributed by atoms with Crippen molar-refractivity contribution in [3.05, 3.63) is 71.4 Å². The van der Waals surface area contributed by atoms with Gasteiger partial charge in [0.2, 0.25) is 0 Å². The van der Waals surface area contributed by atoms with E-state index in [1.54, 1.807) is 6.26 Å². The predicted octanol–water partition coefficient (Wildman–Crippen LogP) is 4.03. The van der Waals surface area contributed by atoms with Gasteiger partial charge < -0.3 is 5.32 Å². The van der Waals surface area contributed by atoms with Gasteiger partial charge in [-0.2, -0.15) is 0 Å². The average molecular weight is 324 g/mol. The number of rotatable bonds is 5. The largest absolute Gasteiger partial charge is 0.381 e. The lowest BCUT2D eigenvalue weighted by molar-refractivity contribution is 0.686. The number of aryl methyl sites for hydroxylation is 1. The summed E-state index contributed by atoms with van der Waals surface area (Å²) in [7, 11) is -0.817. The lowest BCUT2D eigenvalue weighted by atomic mass is 10.1. The Balaban J connectivity index is 1.73. The van der Waals surface area contributed by atoms with Crippen molar-refractivity contribution in [2.24, 2.45) is 0 Å². The summed E-state index contributed by atoms with van der Waals surface area (Å²) in [6.07, 6.45) is 1.73. The van der Waals surface area contributed by atoms with E-state index in [0.717, 1.165) is 34.4 Å². The Hall–Kier alpha value is -2.20. The molecule has 0 fully saturated rings. The van der Waals surface area contributed by atoms with Crippen molar-refractivity contribution in [3.8, 4) is 0 Å². The van der Waals surface area contributed by atoms with Gasteiger partial charge in [-0.3, -0.25) is 9.19 Å². The molecule has 3 rings (SSSR count). The van der Waals surface area contributed by atoms with Gasteiger partial charge in [0.05, 0.1) is 5.52 Å². The molecule has 0 aliphatic carbocycles. The zero-order chi connectivity index (χ0) is 16.2. The summed E-state index contributed by atoms with van der Waals surface area (Å²) in [5, 5.41) is 4.59. The average Bonchev–Trinajstić information content (AvgIpc) is 2.52. The summed E-state index contributed by atoms with van der Waals surface area (Å²) in [6.45, 7) is 2.76. The molecule has 0 aliphatic heterocycles. The molecule has 1 heterocycles. The van der Waals surface area contributed by atoms with Crippen molar-refractivity contribution >= 4 is 27.4 Å². The van der Waals surface area contributed by atoms with Crippen LogP contribution in [0.15, 0.2) is 54.6 Å². The third-order valence-corrected chi connectivity index (χ3v) is 4.43. The van der Waals surface area contributed by atoms with E-state index in [2.05, 4.69) is 40.6 Å². The van der Waals surface area contributed by atoms with Gasteiger partial charge in [-0.25, -0.2) is 0 Å². The monoisotopic (exact) mass is 324 g/mol. The first-order valence-electron chi connectivity index (χ1n) is 7.59. The molecule has 1 atom stereocenters. The Kier molecular flexibility index (Phi) is 4.72. The summed E-state index contributed by atoms with van der Waals surface area (Å²) < 4.78 is 11.3. The molecule has 1 N–H and O–H groups in total. The third-order valence-electron chi connectivity index (χ3n) is 3.69. The summed E-state index contributed by atoms with van der Waals surface area (Å²) in [5.74, 6) is 0.594. The molecule has 1 aromatic heterocycles. The molecule has 118 valence electrons. The number of aromatic nitrogens is 1. The van der Waals surface area contributed by atoms with Gasteiger partial charge in [0, 0.05) is 46.1 Å². The molecule has 2 aromatic carbocycles. The smallest absolute Gasteiger partial charge is 0.0705 e. The van der Waals surface area contributed by atoms with Crippen molar-refractivity contribution in [3.63, 3.8) is 0 Å². The first-order chi connectivity index (χ1) is 11.1. The second-order valence-corrected chi connectivity index (χ2v) is 7.19. The highest BCUT2D eigenvalue weighted by Gasteiger charge is 2.01. The molecule has 23 heavy (non-hydrogen) atoms. The van der Waals surface area contributed by atoms with Crippen LogP contribution in [0.2, 0.25) is 0 Å². The minimum Gasteiger partial charge on any atom is -0.381 e. The van der Waals surface area contributed by atoms with E-state index < -0.39 is 10.8 Å². The zero-order valence-electron chi connectivity index (χ0n) is 13.4. The van der Waals surface area contributed by atoms with Crippen LogP contribution in [0, 0.1) is 6.92 Å². The van der Waals surface area contributed by atoms with Gasteiger partial charge in [0.1, 0.15) is 0 Å². The topological polar surface area (TPSA) is 42.0 Å². The predicted molar refractivity (Wildman–Crippen MR) is 98.0 cm³/mol. The van der Waals surface area contributed by atoms with E-state index in [-0.39, 0.29) is 0 Å². The standard InChI is InChI=1S/C19H20N2OS/c1-14-6-8-17-10-15(7-9-19(17)21-14)12-20-18-5-3-4-16(11-18)13-23(2)22/h3-11,20H,12-13H2,1-2H3/t23-/m0/s1. The van der Waals surface area contributed by atoms with E-state index in [9.17, 15) is 4.21 Å². The van der Waals surface area contributed by atoms with Gasteiger partial charge in [0.25, 0.3) is 0 Å². The molecule has 4 heteroatoms. The van der Waals surface area contributed by atoms with Crippen molar-refractivity contribution in [2.75, 3.05) is 11.6 Å². The van der Waals surface area contributed by atoms with Crippen LogP contribution in [-0.2, 0) is 23.1 Å². The van der Waals surface area contributed by atoms with Crippen LogP contribution >= 0.6 is 0 Å². The molecule has 0 unspecified atom stereocenters. The number of hydrogen-bond acceptors (Lipinski definition) is 3. The SMILES string of the molecule is Cc1ccc2cc(CNc3cccc(C[S@](C)=O)c3)ccc2n1. The summed E-state index contributed by atoms with van der Waals surface area (Å²) >= 11 is 0.